The maximum Gasteiger partial charge on any atom is 0.408 e. The number of amides is 1. The van der Waals surface area contributed by atoms with Crippen molar-refractivity contribution in [3.05, 3.63) is 64.0 Å². The third-order valence-corrected chi connectivity index (χ3v) is 8.13. The van der Waals surface area contributed by atoms with Gasteiger partial charge in [-0.15, -0.1) is 0 Å². The number of carbonyl (C=O) groups is 1. The van der Waals surface area contributed by atoms with Crippen LogP contribution in [0, 0.1) is 18.7 Å². The molecule has 1 aliphatic carbocycles. The monoisotopic (exact) mass is 502 g/mol. The minimum Gasteiger partial charge on any atom is -0.465 e. The van der Waals surface area contributed by atoms with Crippen molar-refractivity contribution in [2.24, 2.45) is 5.92 Å². The molecule has 0 spiro atoms. The number of hydrogen-bond acceptors (Lipinski definition) is 5. The van der Waals surface area contributed by atoms with Crippen LogP contribution in [0.5, 0.6) is 0 Å². The number of hydrogen-bond donors (Lipinski definition) is 3. The Kier molecular flexibility index (Phi) is 6.31. The van der Waals surface area contributed by atoms with E-state index in [9.17, 15) is 27.5 Å². The van der Waals surface area contributed by atoms with Gasteiger partial charge in [-0.1, -0.05) is 24.6 Å². The average Bonchev–Trinajstić information content (AvgIpc) is 2.71. The molecule has 2 aromatic carbocycles. The number of aromatic amines is 1. The Morgan fingerprint density at radius 1 is 1.29 bits per heavy atom. The van der Waals surface area contributed by atoms with E-state index in [0.717, 1.165) is 31.4 Å². The summed E-state index contributed by atoms with van der Waals surface area (Å²) in [5.41, 5.74) is -0.897. The lowest BCUT2D eigenvalue weighted by Gasteiger charge is -2.46. The number of benzene rings is 2. The lowest BCUT2D eigenvalue weighted by molar-refractivity contribution is 0.0245. The number of H-pyrrole nitrogens is 1. The van der Waals surface area contributed by atoms with Crippen LogP contribution in [-0.2, 0) is 16.6 Å². The van der Waals surface area contributed by atoms with Gasteiger partial charge in [-0.3, -0.25) is 14.4 Å². The van der Waals surface area contributed by atoms with Gasteiger partial charge in [0, 0.05) is 5.54 Å². The number of sulfonamides is 1. The first-order valence-corrected chi connectivity index (χ1v) is 12.7. The first kappa shape index (κ1) is 24.6. The van der Waals surface area contributed by atoms with Gasteiger partial charge in [0.05, 0.1) is 22.5 Å². The highest BCUT2D eigenvalue weighted by Crippen LogP contribution is 2.40. The number of aryl methyl sites for hydroxylation is 1. The molecule has 0 saturated heterocycles. The number of halogens is 1. The van der Waals surface area contributed by atoms with E-state index in [4.69, 9.17) is 0 Å². The fraction of sp³-hybridized carbons (Fsp3) is 0.375. The topological polar surface area (TPSA) is 132 Å². The zero-order valence-corrected chi connectivity index (χ0v) is 20.4. The van der Waals surface area contributed by atoms with Crippen LogP contribution < -0.4 is 10.3 Å². The Morgan fingerprint density at radius 3 is 2.60 bits per heavy atom. The number of rotatable bonds is 7. The number of aromatic nitrogens is 2. The number of fused-ring (bicyclic) bond motifs is 1. The number of para-hydroxylation sites is 1. The lowest BCUT2D eigenvalue weighted by atomic mass is 9.71. The summed E-state index contributed by atoms with van der Waals surface area (Å²) in [6.45, 7) is 5.22. The van der Waals surface area contributed by atoms with E-state index in [1.54, 1.807) is 18.2 Å². The first-order valence-electron chi connectivity index (χ1n) is 11.2. The highest BCUT2D eigenvalue weighted by atomic mass is 32.2. The second-order valence-electron chi connectivity index (χ2n) is 9.37. The Labute approximate surface area is 202 Å². The summed E-state index contributed by atoms with van der Waals surface area (Å²) in [5.74, 6) is -0.514. The van der Waals surface area contributed by atoms with Crippen molar-refractivity contribution in [1.82, 2.24) is 14.9 Å². The van der Waals surface area contributed by atoms with E-state index in [-0.39, 0.29) is 34.9 Å². The van der Waals surface area contributed by atoms with Crippen molar-refractivity contribution in [2.75, 3.05) is 4.72 Å². The summed E-state index contributed by atoms with van der Waals surface area (Å²) < 4.78 is 43.5. The van der Waals surface area contributed by atoms with Crippen molar-refractivity contribution in [1.29, 1.82) is 0 Å². The van der Waals surface area contributed by atoms with Crippen molar-refractivity contribution in [3.8, 4) is 0 Å². The maximum absolute atomic E-state index is 14.7. The van der Waals surface area contributed by atoms with Gasteiger partial charge >= 0.3 is 6.09 Å². The number of carboxylic acid groups (broad SMARTS) is 1. The molecule has 1 fully saturated rings. The Morgan fingerprint density at radius 2 is 1.97 bits per heavy atom. The van der Waals surface area contributed by atoms with Crippen molar-refractivity contribution >= 4 is 32.7 Å². The van der Waals surface area contributed by atoms with Crippen LogP contribution in [0.2, 0.25) is 0 Å². The van der Waals surface area contributed by atoms with E-state index in [2.05, 4.69) is 14.7 Å². The SMILES string of the molecule is Cc1nc2c(F)cc(S(=O)(=O)Nc3ccccc3CN(C(=O)O)C(C)(C)C3CCC3)cc2c(=O)[nH]1. The predicted molar refractivity (Wildman–Crippen MR) is 129 cm³/mol. The van der Waals surface area contributed by atoms with E-state index >= 15 is 0 Å². The van der Waals surface area contributed by atoms with Gasteiger partial charge in [-0.2, -0.15) is 0 Å². The third kappa shape index (κ3) is 4.72. The summed E-state index contributed by atoms with van der Waals surface area (Å²) >= 11 is 0. The van der Waals surface area contributed by atoms with Gasteiger partial charge in [0.15, 0.2) is 5.82 Å². The van der Waals surface area contributed by atoms with E-state index in [1.807, 2.05) is 13.8 Å². The molecule has 11 heteroatoms. The molecule has 0 radical (unpaired) electrons. The van der Waals surface area contributed by atoms with Crippen LogP contribution in [0.15, 0.2) is 46.1 Å². The highest BCUT2D eigenvalue weighted by molar-refractivity contribution is 7.92. The molecule has 9 nitrogen and oxygen atoms in total. The molecule has 186 valence electrons. The fourth-order valence-electron chi connectivity index (χ4n) is 4.43. The predicted octanol–water partition coefficient (Wildman–Crippen LogP) is 4.23. The summed E-state index contributed by atoms with van der Waals surface area (Å²) in [6.07, 6.45) is 1.83. The van der Waals surface area contributed by atoms with Crippen LogP contribution in [0.4, 0.5) is 14.9 Å². The third-order valence-electron chi connectivity index (χ3n) is 6.79. The van der Waals surface area contributed by atoms with Gasteiger partial charge in [0.2, 0.25) is 0 Å². The normalized spacial score (nSPS) is 14.5. The van der Waals surface area contributed by atoms with Crippen molar-refractivity contribution in [2.45, 2.75) is 57.0 Å². The molecule has 3 aromatic rings. The maximum atomic E-state index is 14.7. The van der Waals surface area contributed by atoms with E-state index < -0.39 is 37.9 Å². The molecule has 35 heavy (non-hydrogen) atoms. The van der Waals surface area contributed by atoms with Gasteiger partial charge in [0.1, 0.15) is 11.3 Å². The molecule has 1 heterocycles. The smallest absolute Gasteiger partial charge is 0.408 e. The Bertz CT molecular complexity index is 1460. The fourth-order valence-corrected chi connectivity index (χ4v) is 5.57. The summed E-state index contributed by atoms with van der Waals surface area (Å²) in [7, 11) is -4.31. The molecule has 1 aliphatic rings. The second-order valence-corrected chi connectivity index (χ2v) is 11.0. The van der Waals surface area contributed by atoms with Gasteiger partial charge in [0.25, 0.3) is 15.6 Å². The molecule has 0 bridgehead atoms. The zero-order valence-electron chi connectivity index (χ0n) is 19.6. The van der Waals surface area contributed by atoms with Crippen LogP contribution in [0.25, 0.3) is 10.9 Å². The van der Waals surface area contributed by atoms with Crippen molar-refractivity contribution in [3.63, 3.8) is 0 Å². The molecule has 0 atom stereocenters. The number of nitrogens with zero attached hydrogens (tertiary/aromatic N) is 2. The average molecular weight is 503 g/mol. The molecule has 1 saturated carbocycles. The quantitative estimate of drug-likeness (QED) is 0.443. The van der Waals surface area contributed by atoms with Crippen LogP contribution in [0.1, 0.15) is 44.5 Å². The van der Waals surface area contributed by atoms with Crippen LogP contribution in [0.3, 0.4) is 0 Å². The molecule has 1 aromatic heterocycles. The molecule has 0 aliphatic heterocycles. The van der Waals surface area contributed by atoms with E-state index in [1.165, 1.54) is 17.9 Å². The largest absolute Gasteiger partial charge is 0.465 e. The number of anilines is 1. The first-order chi connectivity index (χ1) is 16.4. The minimum atomic E-state index is -4.31. The molecule has 0 unspecified atom stereocenters. The standard InChI is InChI=1S/C24H27FN4O5S/c1-14-26-21-18(22(30)27-14)11-17(12-19(21)25)35(33,34)28-20-10-5-4-7-15(20)13-29(23(31)32)24(2,3)16-8-6-9-16/h4-5,7,10-12,16,28H,6,8-9,13H2,1-3H3,(H,31,32)(H,26,27,30). The summed E-state index contributed by atoms with van der Waals surface area (Å²) in [6, 6.07) is 8.33. The number of nitrogens with one attached hydrogen (secondary N) is 2. The highest BCUT2D eigenvalue weighted by Gasteiger charge is 2.41. The van der Waals surface area contributed by atoms with Crippen LogP contribution in [-0.4, -0.2) is 40.0 Å². The molecular formula is C24H27FN4O5S. The van der Waals surface area contributed by atoms with Gasteiger partial charge in [-0.05, 0) is 63.3 Å². The molecule has 1 amide bonds. The Hall–Kier alpha value is -3.47. The summed E-state index contributed by atoms with van der Waals surface area (Å²) in [5, 5.41) is 9.73. The van der Waals surface area contributed by atoms with Gasteiger partial charge < -0.3 is 10.1 Å². The summed E-state index contributed by atoms with van der Waals surface area (Å²) in [4.78, 5) is 31.7. The molecular weight excluding hydrogens is 475 g/mol. The molecule has 4 rings (SSSR count). The van der Waals surface area contributed by atoms with Gasteiger partial charge in [-0.25, -0.2) is 22.6 Å². The van der Waals surface area contributed by atoms with E-state index in [0.29, 0.717) is 5.56 Å². The van der Waals surface area contributed by atoms with Crippen molar-refractivity contribution < 1.29 is 22.7 Å². The second kappa shape index (κ2) is 8.95. The lowest BCUT2D eigenvalue weighted by Crippen LogP contribution is -2.53. The zero-order chi connectivity index (χ0) is 25.5. The minimum absolute atomic E-state index is 0.0352. The Balaban J connectivity index is 1.69. The molecule has 3 N–H and O–H groups in total. The van der Waals surface area contributed by atoms with Crippen LogP contribution >= 0.6 is 0 Å².